The summed E-state index contributed by atoms with van der Waals surface area (Å²) in [6, 6.07) is -0.360. The second-order valence-electron chi connectivity index (χ2n) is 5.33. The zero-order valence-corrected chi connectivity index (χ0v) is 11.3. The number of rotatable bonds is 6. The molecule has 0 aromatic heterocycles. The highest BCUT2D eigenvalue weighted by molar-refractivity contribution is 5.87. The first kappa shape index (κ1) is 14.8. The average Bonchev–Trinajstić information content (AvgIpc) is 2.20. The monoisotopic (exact) mass is 257 g/mol. The fourth-order valence-corrected chi connectivity index (χ4v) is 1.92. The van der Waals surface area contributed by atoms with Crippen molar-refractivity contribution < 1.29 is 14.7 Å². The van der Waals surface area contributed by atoms with E-state index < -0.39 is 11.5 Å². The molecule has 2 amide bonds. The van der Waals surface area contributed by atoms with Crippen molar-refractivity contribution in [2.45, 2.75) is 44.2 Å². The van der Waals surface area contributed by atoms with E-state index in [4.69, 9.17) is 5.11 Å². The van der Waals surface area contributed by atoms with Gasteiger partial charge in [-0.15, -0.1) is 0 Å². The van der Waals surface area contributed by atoms with Crippen molar-refractivity contribution in [3.63, 3.8) is 0 Å². The summed E-state index contributed by atoms with van der Waals surface area (Å²) in [6.07, 6.45) is 2.72. The molecule has 6 heteroatoms. The minimum Gasteiger partial charge on any atom is -0.480 e. The van der Waals surface area contributed by atoms with Crippen LogP contribution in [0.5, 0.6) is 0 Å². The maximum absolute atomic E-state index is 11.7. The Morgan fingerprint density at radius 1 is 1.39 bits per heavy atom. The molecule has 0 bridgehead atoms. The molecule has 104 valence electrons. The number of hydrogen-bond acceptors (Lipinski definition) is 3. The SMILES string of the molecule is CC(CCN(C)C)NC(=O)NC1(C(=O)O)CCC1. The number of amides is 2. The van der Waals surface area contributed by atoms with Crippen LogP contribution in [0.4, 0.5) is 4.79 Å². The average molecular weight is 257 g/mol. The molecule has 0 radical (unpaired) electrons. The van der Waals surface area contributed by atoms with E-state index in [1.54, 1.807) is 0 Å². The van der Waals surface area contributed by atoms with Crippen LogP contribution in [0.25, 0.3) is 0 Å². The number of carboxylic acid groups (broad SMARTS) is 1. The summed E-state index contributed by atoms with van der Waals surface area (Å²) in [6.45, 7) is 2.79. The topological polar surface area (TPSA) is 81.7 Å². The fraction of sp³-hybridized carbons (Fsp3) is 0.833. The van der Waals surface area contributed by atoms with Gasteiger partial charge < -0.3 is 20.6 Å². The van der Waals surface area contributed by atoms with Gasteiger partial charge in [0.25, 0.3) is 0 Å². The molecule has 0 heterocycles. The van der Waals surface area contributed by atoms with Crippen LogP contribution in [0.1, 0.15) is 32.6 Å². The molecule has 6 nitrogen and oxygen atoms in total. The number of hydrogen-bond donors (Lipinski definition) is 3. The highest BCUT2D eigenvalue weighted by Crippen LogP contribution is 2.31. The Morgan fingerprint density at radius 3 is 2.39 bits per heavy atom. The molecular weight excluding hydrogens is 234 g/mol. The maximum Gasteiger partial charge on any atom is 0.329 e. The van der Waals surface area contributed by atoms with E-state index >= 15 is 0 Å². The molecule has 1 fully saturated rings. The predicted octanol–water partition coefficient (Wildman–Crippen LogP) is 0.633. The van der Waals surface area contributed by atoms with E-state index in [1.807, 2.05) is 25.9 Å². The molecule has 3 N–H and O–H groups in total. The van der Waals surface area contributed by atoms with Crippen molar-refractivity contribution in [3.05, 3.63) is 0 Å². The van der Waals surface area contributed by atoms with E-state index in [0.29, 0.717) is 12.8 Å². The Balaban J connectivity index is 2.34. The standard InChI is InChI=1S/C12H23N3O3/c1-9(5-8-15(2)3)13-11(18)14-12(10(16)17)6-4-7-12/h9H,4-8H2,1-3H3,(H,16,17)(H2,13,14,18). The first-order chi connectivity index (χ1) is 8.35. The normalized spacial score (nSPS) is 18.9. The molecule has 1 saturated carbocycles. The lowest BCUT2D eigenvalue weighted by molar-refractivity contribution is -0.148. The van der Waals surface area contributed by atoms with Crippen molar-refractivity contribution in [3.8, 4) is 0 Å². The van der Waals surface area contributed by atoms with Crippen LogP contribution in [0, 0.1) is 0 Å². The highest BCUT2D eigenvalue weighted by atomic mass is 16.4. The molecule has 1 unspecified atom stereocenters. The van der Waals surface area contributed by atoms with Gasteiger partial charge in [0.1, 0.15) is 5.54 Å². The summed E-state index contributed by atoms with van der Waals surface area (Å²) in [5.41, 5.74) is -1.04. The molecule has 0 aliphatic heterocycles. The second-order valence-corrected chi connectivity index (χ2v) is 5.33. The van der Waals surface area contributed by atoms with Crippen LogP contribution in [0.15, 0.2) is 0 Å². The molecule has 0 spiro atoms. The Hall–Kier alpha value is -1.30. The van der Waals surface area contributed by atoms with Gasteiger partial charge in [-0.05, 0) is 53.2 Å². The van der Waals surface area contributed by atoms with E-state index in [-0.39, 0.29) is 12.1 Å². The lowest BCUT2D eigenvalue weighted by Crippen LogP contribution is -2.61. The van der Waals surface area contributed by atoms with E-state index in [0.717, 1.165) is 19.4 Å². The number of carbonyl (C=O) groups excluding carboxylic acids is 1. The van der Waals surface area contributed by atoms with Gasteiger partial charge in [0, 0.05) is 6.04 Å². The van der Waals surface area contributed by atoms with Gasteiger partial charge in [0.05, 0.1) is 0 Å². The van der Waals surface area contributed by atoms with E-state index in [1.165, 1.54) is 0 Å². The number of nitrogens with zero attached hydrogens (tertiary/aromatic N) is 1. The Morgan fingerprint density at radius 2 is 2.00 bits per heavy atom. The minimum atomic E-state index is -1.04. The second kappa shape index (κ2) is 6.04. The van der Waals surface area contributed by atoms with E-state index in [2.05, 4.69) is 10.6 Å². The lowest BCUT2D eigenvalue weighted by atomic mass is 9.77. The summed E-state index contributed by atoms with van der Waals surface area (Å²) < 4.78 is 0. The minimum absolute atomic E-state index is 0.0262. The molecule has 1 aliphatic carbocycles. The molecule has 1 rings (SSSR count). The number of urea groups is 1. The number of carbonyl (C=O) groups is 2. The Bertz CT molecular complexity index is 314. The predicted molar refractivity (Wildman–Crippen MR) is 68.5 cm³/mol. The van der Waals surface area contributed by atoms with Crippen LogP contribution >= 0.6 is 0 Å². The van der Waals surface area contributed by atoms with Crippen molar-refractivity contribution in [1.82, 2.24) is 15.5 Å². The van der Waals surface area contributed by atoms with Gasteiger partial charge >= 0.3 is 12.0 Å². The largest absolute Gasteiger partial charge is 0.480 e. The van der Waals surface area contributed by atoms with Crippen LogP contribution in [-0.2, 0) is 4.79 Å². The smallest absolute Gasteiger partial charge is 0.329 e. The van der Waals surface area contributed by atoms with Gasteiger partial charge in [-0.3, -0.25) is 0 Å². The van der Waals surface area contributed by atoms with Gasteiger partial charge in [-0.25, -0.2) is 9.59 Å². The lowest BCUT2D eigenvalue weighted by Gasteiger charge is -2.38. The van der Waals surface area contributed by atoms with Gasteiger partial charge in [0.2, 0.25) is 0 Å². The third-order valence-corrected chi connectivity index (χ3v) is 3.36. The third-order valence-electron chi connectivity index (χ3n) is 3.36. The summed E-state index contributed by atoms with van der Waals surface area (Å²) in [5, 5.41) is 14.5. The molecule has 0 saturated heterocycles. The number of aliphatic carboxylic acids is 1. The van der Waals surface area contributed by atoms with Crippen LogP contribution < -0.4 is 10.6 Å². The molecule has 1 aliphatic rings. The zero-order valence-electron chi connectivity index (χ0n) is 11.3. The molecule has 18 heavy (non-hydrogen) atoms. The van der Waals surface area contributed by atoms with Gasteiger partial charge in [-0.1, -0.05) is 0 Å². The van der Waals surface area contributed by atoms with Crippen LogP contribution in [0.3, 0.4) is 0 Å². The fourth-order valence-electron chi connectivity index (χ4n) is 1.92. The molecule has 1 atom stereocenters. The summed E-state index contributed by atoms with van der Waals surface area (Å²) in [7, 11) is 3.95. The van der Waals surface area contributed by atoms with Crippen molar-refractivity contribution in [1.29, 1.82) is 0 Å². The Labute approximate surface area is 108 Å². The van der Waals surface area contributed by atoms with Gasteiger partial charge in [-0.2, -0.15) is 0 Å². The molecule has 0 aromatic carbocycles. The van der Waals surface area contributed by atoms with E-state index in [9.17, 15) is 9.59 Å². The first-order valence-corrected chi connectivity index (χ1v) is 6.32. The van der Waals surface area contributed by atoms with Crippen LogP contribution in [-0.4, -0.2) is 54.2 Å². The number of nitrogens with one attached hydrogen (secondary N) is 2. The van der Waals surface area contributed by atoms with Crippen LogP contribution in [0.2, 0.25) is 0 Å². The van der Waals surface area contributed by atoms with Crippen molar-refractivity contribution in [2.24, 2.45) is 0 Å². The maximum atomic E-state index is 11.7. The van der Waals surface area contributed by atoms with Gasteiger partial charge in [0.15, 0.2) is 0 Å². The van der Waals surface area contributed by atoms with Crippen molar-refractivity contribution in [2.75, 3.05) is 20.6 Å². The quantitative estimate of drug-likeness (QED) is 0.652. The Kier molecular flexibility index (Phi) is 4.95. The molecule has 0 aromatic rings. The third kappa shape index (κ3) is 3.87. The number of carboxylic acids is 1. The summed E-state index contributed by atoms with van der Waals surface area (Å²) in [4.78, 5) is 24.8. The highest BCUT2D eigenvalue weighted by Gasteiger charge is 2.45. The first-order valence-electron chi connectivity index (χ1n) is 6.32. The summed E-state index contributed by atoms with van der Waals surface area (Å²) in [5.74, 6) is -0.940. The molecular formula is C12H23N3O3. The zero-order chi connectivity index (χ0) is 13.8. The summed E-state index contributed by atoms with van der Waals surface area (Å²) >= 11 is 0. The van der Waals surface area contributed by atoms with Crippen molar-refractivity contribution >= 4 is 12.0 Å².